The van der Waals surface area contributed by atoms with Gasteiger partial charge in [0.1, 0.15) is 5.82 Å². The summed E-state index contributed by atoms with van der Waals surface area (Å²) in [5, 5.41) is 0. The maximum absolute atomic E-state index is 13.4. The average molecular weight is 224 g/mol. The molecule has 16 heavy (non-hydrogen) atoms. The van der Waals surface area contributed by atoms with Crippen LogP contribution in [0.3, 0.4) is 0 Å². The van der Waals surface area contributed by atoms with Gasteiger partial charge in [0, 0.05) is 24.8 Å². The van der Waals surface area contributed by atoms with Gasteiger partial charge in [-0.2, -0.15) is 0 Å². The third-order valence-corrected chi connectivity index (χ3v) is 2.60. The van der Waals surface area contributed by atoms with Gasteiger partial charge in [0.15, 0.2) is 0 Å². The lowest BCUT2D eigenvalue weighted by Crippen LogP contribution is -2.31. The van der Waals surface area contributed by atoms with Gasteiger partial charge in [-0.25, -0.2) is 4.39 Å². The van der Waals surface area contributed by atoms with Crippen LogP contribution in [0.1, 0.15) is 32.8 Å². The minimum Gasteiger partial charge on any atom is -0.369 e. The molecular formula is C13H21FN2. The molecule has 0 aliphatic rings. The Balaban J connectivity index is 3.03. The highest BCUT2D eigenvalue weighted by Gasteiger charge is 2.11. The summed E-state index contributed by atoms with van der Waals surface area (Å²) in [6.07, 6.45) is 1.05. The topological polar surface area (TPSA) is 29.3 Å². The molecule has 0 unspecified atom stereocenters. The quantitative estimate of drug-likeness (QED) is 0.833. The summed E-state index contributed by atoms with van der Waals surface area (Å²) in [4.78, 5) is 2.20. The summed E-state index contributed by atoms with van der Waals surface area (Å²) in [7, 11) is 0. The standard InChI is InChI=1S/C13H21FN2/c1-4-5-16(10(2)3)13-7-11(9-15)6-12(14)8-13/h6-8,10H,4-5,9,15H2,1-3H3. The van der Waals surface area contributed by atoms with Crippen molar-refractivity contribution in [2.24, 2.45) is 5.73 Å². The van der Waals surface area contributed by atoms with Gasteiger partial charge in [0.25, 0.3) is 0 Å². The average Bonchev–Trinajstić information content (AvgIpc) is 2.24. The maximum atomic E-state index is 13.4. The Hall–Kier alpha value is -1.09. The fourth-order valence-electron chi connectivity index (χ4n) is 1.84. The van der Waals surface area contributed by atoms with Crippen LogP contribution in [0.4, 0.5) is 10.1 Å². The summed E-state index contributed by atoms with van der Waals surface area (Å²) >= 11 is 0. The Kier molecular flexibility index (Phi) is 4.74. The van der Waals surface area contributed by atoms with Gasteiger partial charge in [-0.1, -0.05) is 6.92 Å². The lowest BCUT2D eigenvalue weighted by molar-refractivity contribution is 0.618. The van der Waals surface area contributed by atoms with Crippen molar-refractivity contribution in [3.63, 3.8) is 0 Å². The number of hydrogen-bond acceptors (Lipinski definition) is 2. The summed E-state index contributed by atoms with van der Waals surface area (Å²) in [5.41, 5.74) is 7.32. The molecule has 0 radical (unpaired) electrons. The summed E-state index contributed by atoms with van der Waals surface area (Å²) in [6.45, 7) is 7.66. The van der Waals surface area contributed by atoms with Crippen molar-refractivity contribution in [3.8, 4) is 0 Å². The van der Waals surface area contributed by atoms with Crippen LogP contribution in [-0.2, 0) is 6.54 Å². The molecule has 0 saturated carbocycles. The third-order valence-electron chi connectivity index (χ3n) is 2.60. The van der Waals surface area contributed by atoms with Gasteiger partial charge in [-0.05, 0) is 44.0 Å². The van der Waals surface area contributed by atoms with Crippen LogP contribution in [0.5, 0.6) is 0 Å². The van der Waals surface area contributed by atoms with Crippen molar-refractivity contribution in [3.05, 3.63) is 29.6 Å². The molecule has 1 rings (SSSR count). The molecule has 0 aromatic heterocycles. The number of anilines is 1. The first-order chi connectivity index (χ1) is 7.58. The molecule has 0 bridgehead atoms. The van der Waals surface area contributed by atoms with Gasteiger partial charge in [-0.15, -0.1) is 0 Å². The van der Waals surface area contributed by atoms with E-state index in [-0.39, 0.29) is 5.82 Å². The Morgan fingerprint density at radius 2 is 2.00 bits per heavy atom. The molecule has 1 aromatic rings. The summed E-state index contributed by atoms with van der Waals surface area (Å²) in [5.74, 6) is -0.209. The second kappa shape index (κ2) is 5.85. The Morgan fingerprint density at radius 1 is 1.31 bits per heavy atom. The van der Waals surface area contributed by atoms with Crippen LogP contribution in [-0.4, -0.2) is 12.6 Å². The zero-order valence-corrected chi connectivity index (χ0v) is 10.3. The largest absolute Gasteiger partial charge is 0.369 e. The van der Waals surface area contributed by atoms with E-state index in [1.807, 2.05) is 6.07 Å². The van der Waals surface area contributed by atoms with E-state index >= 15 is 0 Å². The van der Waals surface area contributed by atoms with Crippen molar-refractivity contribution in [1.82, 2.24) is 0 Å². The van der Waals surface area contributed by atoms with E-state index in [0.29, 0.717) is 12.6 Å². The second-order valence-electron chi connectivity index (χ2n) is 4.31. The minimum atomic E-state index is -0.209. The smallest absolute Gasteiger partial charge is 0.125 e. The molecule has 2 N–H and O–H groups in total. The predicted molar refractivity (Wildman–Crippen MR) is 67.1 cm³/mol. The van der Waals surface area contributed by atoms with Crippen LogP contribution < -0.4 is 10.6 Å². The fraction of sp³-hybridized carbons (Fsp3) is 0.538. The van der Waals surface area contributed by atoms with Crippen LogP contribution in [0.15, 0.2) is 18.2 Å². The van der Waals surface area contributed by atoms with Crippen LogP contribution >= 0.6 is 0 Å². The molecule has 0 aliphatic carbocycles. The molecule has 0 spiro atoms. The van der Waals surface area contributed by atoms with Crippen LogP contribution in [0.2, 0.25) is 0 Å². The Morgan fingerprint density at radius 3 is 2.50 bits per heavy atom. The lowest BCUT2D eigenvalue weighted by atomic mass is 10.1. The summed E-state index contributed by atoms with van der Waals surface area (Å²) < 4.78 is 13.4. The van der Waals surface area contributed by atoms with E-state index in [0.717, 1.165) is 24.2 Å². The number of halogens is 1. The molecule has 0 aliphatic heterocycles. The highest BCUT2D eigenvalue weighted by Crippen LogP contribution is 2.21. The minimum absolute atomic E-state index is 0.209. The van der Waals surface area contributed by atoms with Gasteiger partial charge in [-0.3, -0.25) is 0 Å². The highest BCUT2D eigenvalue weighted by atomic mass is 19.1. The zero-order chi connectivity index (χ0) is 12.1. The first-order valence-electron chi connectivity index (χ1n) is 5.84. The van der Waals surface area contributed by atoms with E-state index in [1.54, 1.807) is 6.07 Å². The number of benzene rings is 1. The molecular weight excluding hydrogens is 203 g/mol. The van der Waals surface area contributed by atoms with E-state index < -0.39 is 0 Å². The predicted octanol–water partition coefficient (Wildman–Crippen LogP) is 2.91. The van der Waals surface area contributed by atoms with E-state index in [2.05, 4.69) is 25.7 Å². The molecule has 90 valence electrons. The van der Waals surface area contributed by atoms with Gasteiger partial charge in [0.05, 0.1) is 0 Å². The monoisotopic (exact) mass is 224 g/mol. The normalized spacial score (nSPS) is 10.9. The van der Waals surface area contributed by atoms with Crippen molar-refractivity contribution in [1.29, 1.82) is 0 Å². The number of rotatable bonds is 5. The molecule has 0 amide bonds. The molecule has 0 fully saturated rings. The van der Waals surface area contributed by atoms with E-state index in [4.69, 9.17) is 5.73 Å². The maximum Gasteiger partial charge on any atom is 0.125 e. The number of nitrogens with zero attached hydrogens (tertiary/aromatic N) is 1. The number of nitrogens with two attached hydrogens (primary N) is 1. The molecule has 0 heterocycles. The summed E-state index contributed by atoms with van der Waals surface area (Å²) in [6, 6.07) is 5.41. The second-order valence-corrected chi connectivity index (χ2v) is 4.31. The van der Waals surface area contributed by atoms with Crippen molar-refractivity contribution in [2.45, 2.75) is 39.8 Å². The molecule has 3 heteroatoms. The van der Waals surface area contributed by atoms with Gasteiger partial charge in [0.2, 0.25) is 0 Å². The molecule has 2 nitrogen and oxygen atoms in total. The number of hydrogen-bond donors (Lipinski definition) is 1. The first kappa shape index (κ1) is 13.0. The molecule has 1 aromatic carbocycles. The van der Waals surface area contributed by atoms with Crippen molar-refractivity contribution >= 4 is 5.69 Å². The van der Waals surface area contributed by atoms with Crippen molar-refractivity contribution in [2.75, 3.05) is 11.4 Å². The Bertz CT molecular complexity index is 337. The molecule has 0 saturated heterocycles. The SMILES string of the molecule is CCCN(c1cc(F)cc(CN)c1)C(C)C. The fourth-order valence-corrected chi connectivity index (χ4v) is 1.84. The molecule has 0 atom stereocenters. The zero-order valence-electron chi connectivity index (χ0n) is 10.3. The van der Waals surface area contributed by atoms with E-state index in [9.17, 15) is 4.39 Å². The van der Waals surface area contributed by atoms with Crippen LogP contribution in [0, 0.1) is 5.82 Å². The lowest BCUT2D eigenvalue weighted by Gasteiger charge is -2.29. The van der Waals surface area contributed by atoms with Gasteiger partial charge < -0.3 is 10.6 Å². The Labute approximate surface area is 97.3 Å². The van der Waals surface area contributed by atoms with Crippen molar-refractivity contribution < 1.29 is 4.39 Å². The van der Waals surface area contributed by atoms with Gasteiger partial charge >= 0.3 is 0 Å². The van der Waals surface area contributed by atoms with Crippen LogP contribution in [0.25, 0.3) is 0 Å². The van der Waals surface area contributed by atoms with E-state index in [1.165, 1.54) is 6.07 Å². The third kappa shape index (κ3) is 3.20. The first-order valence-corrected chi connectivity index (χ1v) is 5.84. The highest BCUT2D eigenvalue weighted by molar-refractivity contribution is 5.49.